The fourth-order valence-electron chi connectivity index (χ4n) is 9.93. The fourth-order valence-corrected chi connectivity index (χ4v) is 9.93. The molecule has 6 heteroatoms. The first-order valence-corrected chi connectivity index (χ1v) is 34.7. The van der Waals surface area contributed by atoms with Gasteiger partial charge in [-0.25, -0.2) is 0 Å². The molecule has 6 nitrogen and oxygen atoms in total. The molecule has 0 amide bonds. The number of esters is 3. The summed E-state index contributed by atoms with van der Waals surface area (Å²) in [6, 6.07) is 0. The molecule has 466 valence electrons. The summed E-state index contributed by atoms with van der Waals surface area (Å²) in [6.07, 6.45) is 92.9. The average molecular weight is 1130 g/mol. The van der Waals surface area contributed by atoms with E-state index in [1.165, 1.54) is 186 Å². The molecule has 0 aromatic carbocycles. The Bertz CT molecular complexity index is 1580. The molecule has 0 heterocycles. The minimum absolute atomic E-state index is 0.0744. The van der Waals surface area contributed by atoms with Gasteiger partial charge in [0.25, 0.3) is 0 Å². The van der Waals surface area contributed by atoms with Crippen LogP contribution < -0.4 is 0 Å². The molecule has 0 rings (SSSR count). The Kier molecular flexibility index (Phi) is 65.7. The summed E-state index contributed by atoms with van der Waals surface area (Å²) in [5.74, 6) is -0.866. The first-order valence-electron chi connectivity index (χ1n) is 34.7. The molecule has 0 aromatic heterocycles. The summed E-state index contributed by atoms with van der Waals surface area (Å²) in [5.41, 5.74) is 0. The Morgan fingerprint density at radius 2 is 0.481 bits per heavy atom. The van der Waals surface area contributed by atoms with Crippen molar-refractivity contribution in [2.45, 2.75) is 348 Å². The SMILES string of the molecule is CC/C=C\C/C=C\C/C=C\C/C=C\C/C=C\C/C=C\C/C=C\C/C=C\CCCCCCCCCCC(=O)OCC(COC(=O)CCCCCCCCCCCCC)OC(=O)CCCCCCCCCCCCCCCCCCCCC. The lowest BCUT2D eigenvalue weighted by Gasteiger charge is -2.18. The van der Waals surface area contributed by atoms with Crippen molar-refractivity contribution in [3.63, 3.8) is 0 Å². The lowest BCUT2D eigenvalue weighted by atomic mass is 10.0. The summed E-state index contributed by atoms with van der Waals surface area (Å²) in [5, 5.41) is 0. The van der Waals surface area contributed by atoms with Gasteiger partial charge >= 0.3 is 17.9 Å². The molecule has 1 atom stereocenters. The predicted molar refractivity (Wildman–Crippen MR) is 353 cm³/mol. The molecule has 0 radical (unpaired) electrons. The van der Waals surface area contributed by atoms with Gasteiger partial charge in [-0.3, -0.25) is 14.4 Å². The quantitative estimate of drug-likeness (QED) is 0.0261. The van der Waals surface area contributed by atoms with Gasteiger partial charge in [0.15, 0.2) is 6.10 Å². The van der Waals surface area contributed by atoms with Gasteiger partial charge in [0.05, 0.1) is 0 Å². The van der Waals surface area contributed by atoms with Gasteiger partial charge in [-0.05, 0) is 83.5 Å². The summed E-state index contributed by atoms with van der Waals surface area (Å²) in [4.78, 5) is 38.3. The molecule has 0 aromatic rings. The van der Waals surface area contributed by atoms with Crippen LogP contribution in [0.2, 0.25) is 0 Å². The maximum absolute atomic E-state index is 12.9. The molecule has 0 aliphatic rings. The number of hydrogen-bond acceptors (Lipinski definition) is 6. The van der Waals surface area contributed by atoms with Crippen LogP contribution in [0.25, 0.3) is 0 Å². The van der Waals surface area contributed by atoms with Crippen molar-refractivity contribution in [2.75, 3.05) is 13.2 Å². The summed E-state index contributed by atoms with van der Waals surface area (Å²) in [7, 11) is 0. The van der Waals surface area contributed by atoms with Crippen molar-refractivity contribution in [1.82, 2.24) is 0 Å². The van der Waals surface area contributed by atoms with Crippen molar-refractivity contribution in [3.05, 3.63) is 97.2 Å². The van der Waals surface area contributed by atoms with Gasteiger partial charge < -0.3 is 14.2 Å². The normalized spacial score (nSPS) is 12.7. The van der Waals surface area contributed by atoms with Gasteiger partial charge in [0.2, 0.25) is 0 Å². The third-order valence-corrected chi connectivity index (χ3v) is 15.1. The second-order valence-corrected chi connectivity index (χ2v) is 23.1. The van der Waals surface area contributed by atoms with Crippen LogP contribution in [0.4, 0.5) is 0 Å². The second-order valence-electron chi connectivity index (χ2n) is 23.1. The summed E-state index contributed by atoms with van der Waals surface area (Å²) >= 11 is 0. The van der Waals surface area contributed by atoms with E-state index in [0.29, 0.717) is 19.3 Å². The van der Waals surface area contributed by atoms with Crippen LogP contribution in [0.15, 0.2) is 97.2 Å². The zero-order chi connectivity index (χ0) is 58.5. The largest absolute Gasteiger partial charge is 0.462 e. The minimum Gasteiger partial charge on any atom is -0.462 e. The van der Waals surface area contributed by atoms with E-state index < -0.39 is 6.10 Å². The van der Waals surface area contributed by atoms with E-state index in [1.807, 2.05) is 0 Å². The summed E-state index contributed by atoms with van der Waals surface area (Å²) in [6.45, 7) is 6.56. The monoisotopic (exact) mass is 1130 g/mol. The zero-order valence-corrected chi connectivity index (χ0v) is 53.5. The van der Waals surface area contributed by atoms with Crippen LogP contribution >= 0.6 is 0 Å². The molecule has 0 aliphatic heterocycles. The predicted octanol–water partition coefficient (Wildman–Crippen LogP) is 24.0. The third-order valence-electron chi connectivity index (χ3n) is 15.1. The molecule has 0 saturated carbocycles. The molecule has 0 spiro atoms. The van der Waals surface area contributed by atoms with Crippen molar-refractivity contribution in [2.24, 2.45) is 0 Å². The van der Waals surface area contributed by atoms with Crippen molar-refractivity contribution in [1.29, 1.82) is 0 Å². The number of carbonyl (C=O) groups excluding carboxylic acids is 3. The Labute approximate surface area is 502 Å². The van der Waals surface area contributed by atoms with Crippen molar-refractivity contribution in [3.8, 4) is 0 Å². The van der Waals surface area contributed by atoms with Crippen LogP contribution in [-0.4, -0.2) is 37.2 Å². The van der Waals surface area contributed by atoms with Crippen molar-refractivity contribution < 1.29 is 28.6 Å². The molecule has 0 bridgehead atoms. The van der Waals surface area contributed by atoms with Crippen LogP contribution in [0.1, 0.15) is 342 Å². The standard InChI is InChI=1S/C75H130O6/c1-4-7-10-13-16-19-22-24-26-28-30-31-32-33-34-35-36-37-38-39-40-41-42-43-45-46-48-50-53-56-59-62-65-68-74(77)80-71-72(70-79-73(76)67-64-61-58-55-52-21-18-15-12-9-6-3)81-75(78)69-66-63-60-57-54-51-49-47-44-29-27-25-23-20-17-14-11-8-5-2/h7,10,16,19,24,26,30-31,33-34,36-37,39-40,42-43,72H,4-6,8-9,11-15,17-18,20-23,25,27-29,32,35,38,41,44-71H2,1-3H3/b10-7-,19-16-,26-24-,31-30-,34-33-,37-36-,40-39-,43-42-. The molecule has 0 aliphatic carbocycles. The number of ether oxygens (including phenoxy) is 3. The highest BCUT2D eigenvalue weighted by Crippen LogP contribution is 2.17. The lowest BCUT2D eigenvalue weighted by Crippen LogP contribution is -2.30. The Hall–Kier alpha value is -3.67. The molecular formula is C75H130O6. The molecule has 1 unspecified atom stereocenters. The highest BCUT2D eigenvalue weighted by Gasteiger charge is 2.19. The highest BCUT2D eigenvalue weighted by atomic mass is 16.6. The van der Waals surface area contributed by atoms with E-state index >= 15 is 0 Å². The highest BCUT2D eigenvalue weighted by molar-refractivity contribution is 5.71. The number of hydrogen-bond donors (Lipinski definition) is 0. The van der Waals surface area contributed by atoms with Gasteiger partial charge in [-0.2, -0.15) is 0 Å². The van der Waals surface area contributed by atoms with E-state index in [2.05, 4.69) is 118 Å². The van der Waals surface area contributed by atoms with Crippen LogP contribution in [0.3, 0.4) is 0 Å². The van der Waals surface area contributed by atoms with Crippen molar-refractivity contribution >= 4 is 17.9 Å². The van der Waals surface area contributed by atoms with E-state index in [-0.39, 0.29) is 31.1 Å². The first-order chi connectivity index (χ1) is 40.0. The third kappa shape index (κ3) is 67.0. The smallest absolute Gasteiger partial charge is 0.306 e. The molecule has 0 N–H and O–H groups in total. The topological polar surface area (TPSA) is 78.9 Å². The molecule has 0 fully saturated rings. The van der Waals surface area contributed by atoms with Gasteiger partial charge in [0, 0.05) is 19.3 Å². The molecular weight excluding hydrogens is 997 g/mol. The summed E-state index contributed by atoms with van der Waals surface area (Å²) < 4.78 is 16.9. The zero-order valence-electron chi connectivity index (χ0n) is 53.5. The van der Waals surface area contributed by atoms with E-state index in [1.54, 1.807) is 0 Å². The average Bonchev–Trinajstić information content (AvgIpc) is 3.47. The minimum atomic E-state index is -0.778. The van der Waals surface area contributed by atoms with Crippen LogP contribution in [0, 0.1) is 0 Å². The first kappa shape index (κ1) is 77.3. The second kappa shape index (κ2) is 68.8. The van der Waals surface area contributed by atoms with Gasteiger partial charge in [-0.15, -0.1) is 0 Å². The maximum Gasteiger partial charge on any atom is 0.306 e. The van der Waals surface area contributed by atoms with Crippen LogP contribution in [-0.2, 0) is 28.6 Å². The molecule has 81 heavy (non-hydrogen) atoms. The number of unbranched alkanes of at least 4 members (excludes halogenated alkanes) is 36. The van der Waals surface area contributed by atoms with E-state index in [0.717, 1.165) is 116 Å². The van der Waals surface area contributed by atoms with Gasteiger partial charge in [0.1, 0.15) is 13.2 Å². The Balaban J connectivity index is 4.22. The van der Waals surface area contributed by atoms with E-state index in [4.69, 9.17) is 14.2 Å². The fraction of sp³-hybridized carbons (Fsp3) is 0.747. The number of rotatable bonds is 63. The van der Waals surface area contributed by atoms with E-state index in [9.17, 15) is 14.4 Å². The Morgan fingerprint density at radius 1 is 0.259 bits per heavy atom. The number of carbonyl (C=O) groups is 3. The number of allylic oxidation sites excluding steroid dienone is 16. The Morgan fingerprint density at radius 3 is 0.753 bits per heavy atom. The maximum atomic E-state index is 12.9. The lowest BCUT2D eigenvalue weighted by molar-refractivity contribution is -0.167. The van der Waals surface area contributed by atoms with Crippen LogP contribution in [0.5, 0.6) is 0 Å². The molecule has 0 saturated heterocycles. The van der Waals surface area contributed by atoms with Gasteiger partial charge in [-0.1, -0.05) is 336 Å².